The molecule has 4 aliphatic carbocycles. The highest BCUT2D eigenvalue weighted by molar-refractivity contribution is 5.71. The summed E-state index contributed by atoms with van der Waals surface area (Å²) >= 11 is 0. The van der Waals surface area contributed by atoms with E-state index in [2.05, 4.69) is 27.7 Å². The van der Waals surface area contributed by atoms with Crippen molar-refractivity contribution < 1.29 is 19.0 Å². The Morgan fingerprint density at radius 1 is 0.971 bits per heavy atom. The van der Waals surface area contributed by atoms with E-state index >= 15 is 0 Å². The molecule has 0 radical (unpaired) electrons. The SMILES string of the molecule is C[C@@H]1CC[C@@]2(OC1)O[C@H]1C[C@H]3[C@@H]4CCC5C[C@@H](OC(=O)CN)CC[C@]5(C)[C@H]4CC[C@]3(C)[C@H]1[C@@H]2C. The van der Waals surface area contributed by atoms with Crippen LogP contribution in [0.1, 0.15) is 91.9 Å². The third-order valence-corrected chi connectivity index (χ3v) is 12.3. The van der Waals surface area contributed by atoms with Gasteiger partial charge >= 0.3 is 5.97 Å². The van der Waals surface area contributed by atoms with Gasteiger partial charge in [0.05, 0.1) is 19.3 Å². The summed E-state index contributed by atoms with van der Waals surface area (Å²) in [6.07, 6.45) is 12.6. The molecule has 6 rings (SSSR count). The third kappa shape index (κ3) is 3.31. The van der Waals surface area contributed by atoms with Gasteiger partial charge in [0.1, 0.15) is 6.10 Å². The molecule has 0 aromatic rings. The first-order chi connectivity index (χ1) is 16.2. The first-order valence-electron chi connectivity index (χ1n) is 14.4. The number of nitrogens with two attached hydrogens (primary N) is 1. The Labute approximate surface area is 206 Å². The molecule has 1 spiro atoms. The number of carbonyl (C=O) groups is 1. The Morgan fingerprint density at radius 3 is 2.50 bits per heavy atom. The number of esters is 1. The van der Waals surface area contributed by atoms with Crippen molar-refractivity contribution in [3.8, 4) is 0 Å². The van der Waals surface area contributed by atoms with Crippen LogP contribution >= 0.6 is 0 Å². The molecule has 5 heteroatoms. The van der Waals surface area contributed by atoms with Crippen molar-refractivity contribution in [2.75, 3.05) is 13.2 Å². The lowest BCUT2D eigenvalue weighted by atomic mass is 9.44. The Hall–Kier alpha value is -0.650. The lowest BCUT2D eigenvalue weighted by Gasteiger charge is -2.61. The maximum atomic E-state index is 11.8. The first kappa shape index (κ1) is 23.7. The fourth-order valence-corrected chi connectivity index (χ4v) is 10.6. The highest BCUT2D eigenvalue weighted by atomic mass is 16.7. The summed E-state index contributed by atoms with van der Waals surface area (Å²) < 4.78 is 19.1. The minimum atomic E-state index is -0.310. The van der Waals surface area contributed by atoms with Crippen LogP contribution in [0.2, 0.25) is 0 Å². The quantitative estimate of drug-likeness (QED) is 0.551. The van der Waals surface area contributed by atoms with Crippen LogP contribution in [0.5, 0.6) is 0 Å². The largest absolute Gasteiger partial charge is 0.461 e. The molecule has 2 aliphatic heterocycles. The van der Waals surface area contributed by atoms with Crippen LogP contribution in [-0.2, 0) is 19.0 Å². The molecule has 0 amide bonds. The van der Waals surface area contributed by atoms with E-state index in [0.29, 0.717) is 40.6 Å². The molecule has 0 aromatic carbocycles. The smallest absolute Gasteiger partial charge is 0.319 e. The standard InChI is InChI=1S/C29H47NO4/c1-17-7-12-29(32-16-17)18(2)26-24(34-29)14-23-21-6-5-19-13-20(33-25(31)15-30)8-10-27(19,3)22(21)9-11-28(23,26)4/h17-24,26H,5-16,30H2,1-4H3/t17-,18+,19?,20+,21-,22+,23+,24+,26+,27+,28+,29-/m1/s1. The zero-order valence-electron chi connectivity index (χ0n) is 21.9. The van der Waals surface area contributed by atoms with E-state index in [0.717, 1.165) is 43.6 Å². The van der Waals surface area contributed by atoms with Gasteiger partial charge in [-0.05, 0) is 104 Å². The molecule has 2 heterocycles. The second-order valence-corrected chi connectivity index (χ2v) is 13.8. The molecular weight excluding hydrogens is 426 g/mol. The van der Waals surface area contributed by atoms with Crippen LogP contribution in [0.3, 0.4) is 0 Å². The first-order valence-corrected chi connectivity index (χ1v) is 14.4. The zero-order chi connectivity index (χ0) is 23.9. The number of ether oxygens (including phenoxy) is 3. The van der Waals surface area contributed by atoms with E-state index < -0.39 is 0 Å². The van der Waals surface area contributed by atoms with Crippen molar-refractivity contribution in [3.05, 3.63) is 0 Å². The minimum Gasteiger partial charge on any atom is -0.461 e. The van der Waals surface area contributed by atoms with Gasteiger partial charge in [-0.3, -0.25) is 4.79 Å². The number of hydrogen-bond acceptors (Lipinski definition) is 5. The monoisotopic (exact) mass is 473 g/mol. The maximum Gasteiger partial charge on any atom is 0.319 e. The highest BCUT2D eigenvalue weighted by Crippen LogP contribution is 2.71. The van der Waals surface area contributed by atoms with Crippen LogP contribution in [0.4, 0.5) is 0 Å². The van der Waals surface area contributed by atoms with E-state index in [4.69, 9.17) is 19.9 Å². The Morgan fingerprint density at radius 2 is 1.76 bits per heavy atom. The summed E-state index contributed by atoms with van der Waals surface area (Å²) in [6.45, 7) is 10.8. The van der Waals surface area contributed by atoms with E-state index in [1.54, 1.807) is 0 Å². The van der Waals surface area contributed by atoms with E-state index in [1.807, 2.05) is 0 Å². The normalized spacial score (nSPS) is 56.3. The lowest BCUT2D eigenvalue weighted by molar-refractivity contribution is -0.273. The second-order valence-electron chi connectivity index (χ2n) is 13.8. The van der Waals surface area contributed by atoms with Gasteiger partial charge in [0.2, 0.25) is 0 Å². The van der Waals surface area contributed by atoms with Crippen LogP contribution in [0.25, 0.3) is 0 Å². The van der Waals surface area contributed by atoms with Gasteiger partial charge in [-0.15, -0.1) is 0 Å². The predicted molar refractivity (Wildman–Crippen MR) is 131 cm³/mol. The van der Waals surface area contributed by atoms with Crippen LogP contribution < -0.4 is 5.73 Å². The van der Waals surface area contributed by atoms with E-state index in [9.17, 15) is 4.79 Å². The minimum absolute atomic E-state index is 0.00241. The Balaban J connectivity index is 1.19. The van der Waals surface area contributed by atoms with Gasteiger partial charge in [0.25, 0.3) is 0 Å². The summed E-state index contributed by atoms with van der Waals surface area (Å²) in [4.78, 5) is 11.8. The summed E-state index contributed by atoms with van der Waals surface area (Å²) in [5.74, 6) is 4.35. The van der Waals surface area contributed by atoms with Crippen molar-refractivity contribution in [2.24, 2.45) is 58.0 Å². The van der Waals surface area contributed by atoms with Crippen LogP contribution in [0.15, 0.2) is 0 Å². The van der Waals surface area contributed by atoms with Crippen molar-refractivity contribution in [2.45, 2.75) is 110 Å². The summed E-state index contributed by atoms with van der Waals surface area (Å²) in [7, 11) is 0. The van der Waals surface area contributed by atoms with Gasteiger partial charge in [-0.2, -0.15) is 0 Å². The zero-order valence-corrected chi connectivity index (χ0v) is 21.9. The molecular formula is C29H47NO4. The topological polar surface area (TPSA) is 70.8 Å². The van der Waals surface area contributed by atoms with Crippen molar-refractivity contribution in [1.82, 2.24) is 0 Å². The molecule has 0 aromatic heterocycles. The molecule has 192 valence electrons. The predicted octanol–water partition coefficient (Wildman–Crippen LogP) is 5.30. The average Bonchev–Trinajstić information content (AvgIpc) is 3.26. The Bertz CT molecular complexity index is 808. The fourth-order valence-electron chi connectivity index (χ4n) is 10.6. The number of hydrogen-bond donors (Lipinski definition) is 1. The molecule has 2 N–H and O–H groups in total. The summed E-state index contributed by atoms with van der Waals surface area (Å²) in [5.41, 5.74) is 6.28. The van der Waals surface area contributed by atoms with Gasteiger partial charge in [-0.25, -0.2) is 0 Å². The third-order valence-electron chi connectivity index (χ3n) is 12.3. The van der Waals surface area contributed by atoms with Gasteiger partial charge in [0.15, 0.2) is 5.79 Å². The molecule has 6 aliphatic rings. The number of rotatable bonds is 2. The molecule has 6 fully saturated rings. The van der Waals surface area contributed by atoms with Gasteiger partial charge < -0.3 is 19.9 Å². The fraction of sp³-hybridized carbons (Fsp3) is 0.966. The van der Waals surface area contributed by atoms with Gasteiger partial charge in [0, 0.05) is 12.3 Å². The number of fused-ring (bicyclic) bond motifs is 7. The summed E-state index contributed by atoms with van der Waals surface area (Å²) in [6, 6.07) is 0. The second kappa shape index (κ2) is 8.18. The molecule has 12 atom stereocenters. The molecule has 34 heavy (non-hydrogen) atoms. The Kier molecular flexibility index (Phi) is 5.71. The highest BCUT2D eigenvalue weighted by Gasteiger charge is 2.69. The molecule has 4 saturated carbocycles. The van der Waals surface area contributed by atoms with E-state index in [1.165, 1.54) is 44.9 Å². The van der Waals surface area contributed by atoms with Crippen molar-refractivity contribution in [3.63, 3.8) is 0 Å². The van der Waals surface area contributed by atoms with Crippen molar-refractivity contribution >= 4 is 5.97 Å². The lowest BCUT2D eigenvalue weighted by Crippen LogP contribution is -2.55. The number of carbonyl (C=O) groups excluding carboxylic acids is 1. The molecule has 2 saturated heterocycles. The molecule has 5 nitrogen and oxygen atoms in total. The molecule has 1 unspecified atom stereocenters. The molecule has 0 bridgehead atoms. The summed E-state index contributed by atoms with van der Waals surface area (Å²) in [5, 5.41) is 0. The maximum absolute atomic E-state index is 11.8. The van der Waals surface area contributed by atoms with Gasteiger partial charge in [-0.1, -0.05) is 27.7 Å². The van der Waals surface area contributed by atoms with Crippen LogP contribution in [-0.4, -0.2) is 37.1 Å². The van der Waals surface area contributed by atoms with E-state index in [-0.39, 0.29) is 24.4 Å². The average molecular weight is 474 g/mol. The van der Waals surface area contributed by atoms with Crippen LogP contribution in [0, 0.1) is 52.3 Å². The van der Waals surface area contributed by atoms with Crippen molar-refractivity contribution in [1.29, 1.82) is 0 Å².